The number of rotatable bonds is 16. The molecule has 6 N–H and O–H groups in total. The van der Waals surface area contributed by atoms with E-state index in [0.717, 1.165) is 35.3 Å². The number of fused-ring (bicyclic) bond motifs is 1. The molecule has 0 saturated carbocycles. The normalized spacial score (nSPS) is 16.0. The Labute approximate surface area is 251 Å². The molecule has 42 heavy (non-hydrogen) atoms. The van der Waals surface area contributed by atoms with Crippen molar-refractivity contribution in [3.8, 4) is 22.6 Å². The van der Waals surface area contributed by atoms with Crippen molar-refractivity contribution in [1.29, 1.82) is 0 Å². The van der Waals surface area contributed by atoms with Crippen LogP contribution >= 0.6 is 0 Å². The zero-order chi connectivity index (χ0) is 30.1. The Balaban J connectivity index is 0.00000616. The Hall–Kier alpha value is -3.15. The molecule has 0 heterocycles. The fourth-order valence-electron chi connectivity index (χ4n) is 5.88. The fourth-order valence-corrected chi connectivity index (χ4v) is 5.88. The van der Waals surface area contributed by atoms with E-state index in [1.807, 2.05) is 38.4 Å². The summed E-state index contributed by atoms with van der Waals surface area (Å²) in [5.41, 5.74) is 3.70. The van der Waals surface area contributed by atoms with E-state index >= 15 is 0 Å². The van der Waals surface area contributed by atoms with Gasteiger partial charge < -0.3 is 35.7 Å². The molecule has 3 rings (SSSR count). The quantitative estimate of drug-likeness (QED) is 0.170. The largest absolute Gasteiger partial charge is 0.507 e. The van der Waals surface area contributed by atoms with Crippen LogP contribution in [0.1, 0.15) is 56.9 Å². The molecule has 10 heteroatoms. The summed E-state index contributed by atoms with van der Waals surface area (Å²) >= 11 is 0. The molecule has 0 radical (unpaired) electrons. The molecule has 0 aliphatic heterocycles. The molecule has 3 atom stereocenters. The van der Waals surface area contributed by atoms with Crippen LogP contribution in [0.25, 0.3) is 11.1 Å². The summed E-state index contributed by atoms with van der Waals surface area (Å²) < 4.78 is 5.69. The molecular weight excluding hydrogens is 540 g/mol. The van der Waals surface area contributed by atoms with Crippen LogP contribution in [0.5, 0.6) is 11.5 Å². The Kier molecular flexibility index (Phi) is 13.8. The van der Waals surface area contributed by atoms with Crippen molar-refractivity contribution in [2.45, 2.75) is 45.6 Å². The molecule has 10 nitrogen and oxygen atoms in total. The average molecular weight is 591 g/mol. The molecule has 0 amide bonds. The molecule has 0 aromatic heterocycles. The number of aliphatic hydroxyl groups excluding tert-OH is 2. The van der Waals surface area contributed by atoms with Crippen LogP contribution in [0.4, 0.5) is 0 Å². The number of methoxy groups -OCH3 is 1. The van der Waals surface area contributed by atoms with Gasteiger partial charge in [0, 0.05) is 47.0 Å². The predicted molar refractivity (Wildman–Crippen MR) is 165 cm³/mol. The van der Waals surface area contributed by atoms with E-state index in [0.29, 0.717) is 30.7 Å². The number of benzene rings is 2. The minimum atomic E-state index is -0.789. The van der Waals surface area contributed by atoms with Crippen molar-refractivity contribution in [1.82, 2.24) is 10.2 Å². The van der Waals surface area contributed by atoms with Gasteiger partial charge in [-0.2, -0.15) is 0 Å². The standard InChI is InChI=1S/C32H44N2O7.H2O.2H2/c1-20(37)13-29(39)27(19-36)23(9-12-35)14-22-16-26-24(6-7-28(38)32(26)30(40)17-22)25-15-21(5-8-31(25)41-4)18-33-10-11-34(2)3;;;/h5-8,15,22-23,27,33,35-36,38H,9-14,16-19H2,1-4H3;1H2;2*1H. The van der Waals surface area contributed by atoms with Gasteiger partial charge in [0.15, 0.2) is 5.78 Å². The summed E-state index contributed by atoms with van der Waals surface area (Å²) in [6.07, 6.45) is 1.08. The second kappa shape index (κ2) is 16.5. The lowest BCUT2D eigenvalue weighted by Gasteiger charge is -2.32. The summed E-state index contributed by atoms with van der Waals surface area (Å²) in [6.45, 7) is 3.13. The molecule has 0 fully saturated rings. The predicted octanol–water partition coefficient (Wildman–Crippen LogP) is 2.68. The van der Waals surface area contributed by atoms with Crippen molar-refractivity contribution in [2.24, 2.45) is 17.8 Å². The SMILES string of the molecule is COc1ccc(CNCCN(C)C)cc1-c1ccc(O)c2c1CC(CC(CCO)C(CO)C(=O)CC(C)=O)CC2=O.O.[HH].[HH]. The smallest absolute Gasteiger partial charge is 0.167 e. The second-order valence-electron chi connectivity index (χ2n) is 11.3. The van der Waals surface area contributed by atoms with E-state index in [1.165, 1.54) is 6.92 Å². The lowest BCUT2D eigenvalue weighted by molar-refractivity contribution is -0.131. The van der Waals surface area contributed by atoms with Gasteiger partial charge in [-0.3, -0.25) is 14.4 Å². The topological polar surface area (TPSA) is 168 Å². The first-order valence-electron chi connectivity index (χ1n) is 14.2. The summed E-state index contributed by atoms with van der Waals surface area (Å²) in [5, 5.41) is 33.9. The molecule has 1 aliphatic carbocycles. The Bertz CT molecular complexity index is 1240. The van der Waals surface area contributed by atoms with Crippen LogP contribution in [0.3, 0.4) is 0 Å². The third-order valence-electron chi connectivity index (χ3n) is 7.89. The molecule has 1 aliphatic rings. The minimum Gasteiger partial charge on any atom is -0.507 e. The zero-order valence-electron chi connectivity index (χ0n) is 25.1. The zero-order valence-corrected chi connectivity index (χ0v) is 25.1. The van der Waals surface area contributed by atoms with Gasteiger partial charge in [-0.1, -0.05) is 12.1 Å². The van der Waals surface area contributed by atoms with Gasteiger partial charge in [0.2, 0.25) is 0 Å². The van der Waals surface area contributed by atoms with Gasteiger partial charge in [0.05, 0.1) is 25.7 Å². The molecule has 2 aromatic rings. The number of aromatic hydroxyl groups is 1. The first kappa shape index (κ1) is 35.0. The summed E-state index contributed by atoms with van der Waals surface area (Å²) in [7, 11) is 5.65. The number of carbonyl (C=O) groups excluding carboxylic acids is 3. The van der Waals surface area contributed by atoms with Crippen LogP contribution in [0.15, 0.2) is 30.3 Å². The Morgan fingerprint density at radius 2 is 1.88 bits per heavy atom. The molecule has 0 saturated heterocycles. The highest BCUT2D eigenvalue weighted by molar-refractivity contribution is 6.03. The van der Waals surface area contributed by atoms with Crippen LogP contribution < -0.4 is 10.1 Å². The average Bonchev–Trinajstić information content (AvgIpc) is 2.91. The monoisotopic (exact) mass is 590 g/mol. The number of hydrogen-bond acceptors (Lipinski definition) is 9. The van der Waals surface area contributed by atoms with Crippen molar-refractivity contribution in [3.05, 3.63) is 47.0 Å². The maximum absolute atomic E-state index is 13.4. The maximum Gasteiger partial charge on any atom is 0.167 e. The summed E-state index contributed by atoms with van der Waals surface area (Å²) in [4.78, 5) is 39.8. The number of nitrogens with one attached hydrogen (secondary N) is 1. The van der Waals surface area contributed by atoms with E-state index in [-0.39, 0.29) is 69.1 Å². The van der Waals surface area contributed by atoms with Crippen molar-refractivity contribution < 1.29 is 42.8 Å². The van der Waals surface area contributed by atoms with Crippen LogP contribution in [-0.4, -0.2) is 90.6 Å². The highest BCUT2D eigenvalue weighted by atomic mass is 16.5. The van der Waals surface area contributed by atoms with E-state index in [4.69, 9.17) is 4.74 Å². The molecular formula is C32H50N2O8. The van der Waals surface area contributed by atoms with Gasteiger partial charge in [0.25, 0.3) is 0 Å². The lowest BCUT2D eigenvalue weighted by Crippen LogP contribution is -2.32. The van der Waals surface area contributed by atoms with E-state index < -0.39 is 12.5 Å². The summed E-state index contributed by atoms with van der Waals surface area (Å²) in [6, 6.07) is 9.30. The fraction of sp³-hybridized carbons (Fsp3) is 0.531. The number of aliphatic hydroxyl groups is 2. The maximum atomic E-state index is 13.4. The number of carbonyl (C=O) groups is 3. The molecule has 2 aromatic carbocycles. The minimum absolute atomic E-state index is 0. The molecule has 236 valence electrons. The number of hydrogen-bond donors (Lipinski definition) is 4. The van der Waals surface area contributed by atoms with Gasteiger partial charge >= 0.3 is 0 Å². The summed E-state index contributed by atoms with van der Waals surface area (Å²) in [5.74, 6) is -1.57. The van der Waals surface area contributed by atoms with E-state index in [9.17, 15) is 29.7 Å². The van der Waals surface area contributed by atoms with Gasteiger partial charge in [0.1, 0.15) is 23.1 Å². The number of Topliss-reactive ketones (excluding diaryl/α,β-unsaturated/α-hetero) is 3. The third kappa shape index (κ3) is 8.92. The van der Waals surface area contributed by atoms with Gasteiger partial charge in [-0.15, -0.1) is 0 Å². The van der Waals surface area contributed by atoms with E-state index in [2.05, 4.69) is 10.2 Å². The highest BCUT2D eigenvalue weighted by Crippen LogP contribution is 2.43. The first-order chi connectivity index (χ1) is 19.6. The Morgan fingerprint density at radius 3 is 2.50 bits per heavy atom. The number of ketones is 3. The molecule has 0 spiro atoms. The van der Waals surface area contributed by atoms with Crippen molar-refractivity contribution in [3.63, 3.8) is 0 Å². The number of phenols is 1. The first-order valence-corrected chi connectivity index (χ1v) is 14.2. The third-order valence-corrected chi connectivity index (χ3v) is 7.89. The second-order valence-corrected chi connectivity index (χ2v) is 11.3. The van der Waals surface area contributed by atoms with Crippen molar-refractivity contribution in [2.75, 3.05) is 47.5 Å². The molecule has 3 unspecified atom stereocenters. The number of likely N-dealkylation sites (N-methyl/N-ethyl adjacent to an activating group) is 1. The van der Waals surface area contributed by atoms with Crippen molar-refractivity contribution >= 4 is 17.3 Å². The number of phenolic OH excluding ortho intramolecular Hbond substituents is 1. The van der Waals surface area contributed by atoms with E-state index in [1.54, 1.807) is 13.2 Å². The number of nitrogens with zero attached hydrogens (tertiary/aromatic N) is 1. The van der Waals surface area contributed by atoms with Crippen LogP contribution in [-0.2, 0) is 22.6 Å². The molecule has 0 bridgehead atoms. The Morgan fingerprint density at radius 1 is 1.14 bits per heavy atom. The van der Waals surface area contributed by atoms with Crippen LogP contribution in [0.2, 0.25) is 0 Å². The number of ether oxygens (including phenoxy) is 1. The van der Waals surface area contributed by atoms with Crippen LogP contribution in [0, 0.1) is 17.8 Å². The van der Waals surface area contributed by atoms with Gasteiger partial charge in [-0.25, -0.2) is 0 Å². The van der Waals surface area contributed by atoms with Gasteiger partial charge in [-0.05, 0) is 87.0 Å². The highest BCUT2D eigenvalue weighted by Gasteiger charge is 2.35. The lowest BCUT2D eigenvalue weighted by atomic mass is 9.72.